The highest BCUT2D eigenvalue weighted by Gasteiger charge is 2.19. The maximum Gasteiger partial charge on any atom is 0.137 e. The zero-order chi connectivity index (χ0) is 14.7. The Morgan fingerprint density at radius 1 is 1.38 bits per heavy atom. The molecule has 3 rings (SSSR count). The van der Waals surface area contributed by atoms with Gasteiger partial charge in [-0.05, 0) is 43.4 Å². The first-order chi connectivity index (χ1) is 10.3. The molecule has 4 heteroatoms. The second-order valence-electron chi connectivity index (χ2n) is 5.69. The van der Waals surface area contributed by atoms with Crippen LogP contribution in [0.25, 0.3) is 10.9 Å². The summed E-state index contributed by atoms with van der Waals surface area (Å²) in [6.07, 6.45) is 6.24. The maximum atomic E-state index is 5.86. The molecule has 0 unspecified atom stereocenters. The zero-order valence-corrected chi connectivity index (χ0v) is 12.4. The number of hydrogen-bond acceptors (Lipinski definition) is 4. The Morgan fingerprint density at radius 2 is 2.29 bits per heavy atom. The van der Waals surface area contributed by atoms with E-state index in [0.29, 0.717) is 12.7 Å². The lowest BCUT2D eigenvalue weighted by Crippen LogP contribution is -2.35. The lowest BCUT2D eigenvalue weighted by molar-refractivity contribution is 0.00116. The van der Waals surface area contributed by atoms with Crippen molar-refractivity contribution in [1.82, 2.24) is 4.98 Å². The molecule has 112 valence electrons. The van der Waals surface area contributed by atoms with Crippen LogP contribution >= 0.6 is 0 Å². The summed E-state index contributed by atoms with van der Waals surface area (Å²) in [5.74, 6) is 0.801. The van der Waals surface area contributed by atoms with E-state index in [2.05, 4.69) is 23.2 Å². The summed E-state index contributed by atoms with van der Waals surface area (Å²) in [5, 5.41) is 1.17. The predicted octanol–water partition coefficient (Wildman–Crippen LogP) is 2.68. The summed E-state index contributed by atoms with van der Waals surface area (Å²) in [5.41, 5.74) is 8.18. The molecule has 21 heavy (non-hydrogen) atoms. The largest absolute Gasteiger partial charge is 0.495 e. The number of nitrogens with two attached hydrogens (primary N) is 1. The van der Waals surface area contributed by atoms with Gasteiger partial charge in [0.05, 0.1) is 31.5 Å². The lowest BCUT2D eigenvalue weighted by atomic mass is 9.97. The summed E-state index contributed by atoms with van der Waals surface area (Å²) in [6.45, 7) is 0.690. The van der Waals surface area contributed by atoms with Crippen molar-refractivity contribution in [3.8, 4) is 5.75 Å². The SMILES string of the molecule is COc1cnc2cccc(CC[C@@H]3CC[C@@H](N)CO3)c2c1. The monoisotopic (exact) mass is 286 g/mol. The van der Waals surface area contributed by atoms with Crippen LogP contribution in [0.4, 0.5) is 0 Å². The van der Waals surface area contributed by atoms with Gasteiger partial charge >= 0.3 is 0 Å². The Morgan fingerprint density at radius 3 is 3.05 bits per heavy atom. The molecule has 4 nitrogen and oxygen atoms in total. The average Bonchev–Trinajstić information content (AvgIpc) is 2.54. The zero-order valence-electron chi connectivity index (χ0n) is 12.4. The minimum Gasteiger partial charge on any atom is -0.495 e. The fraction of sp³-hybridized carbons (Fsp3) is 0.471. The summed E-state index contributed by atoms with van der Waals surface area (Å²) in [7, 11) is 1.67. The molecule has 0 aliphatic carbocycles. The van der Waals surface area contributed by atoms with Gasteiger partial charge in [-0.3, -0.25) is 4.98 Å². The first-order valence-electron chi connectivity index (χ1n) is 7.55. The van der Waals surface area contributed by atoms with Crippen LogP contribution in [0.3, 0.4) is 0 Å². The minimum atomic E-state index is 0.215. The third-order valence-electron chi connectivity index (χ3n) is 4.17. The molecule has 2 aromatic rings. The fourth-order valence-corrected chi connectivity index (χ4v) is 2.89. The molecule has 1 fully saturated rings. The molecule has 1 aliphatic rings. The Hall–Kier alpha value is -1.65. The molecule has 2 heterocycles. The van der Waals surface area contributed by atoms with Crippen LogP contribution in [0.15, 0.2) is 30.5 Å². The van der Waals surface area contributed by atoms with E-state index in [0.717, 1.165) is 36.9 Å². The topological polar surface area (TPSA) is 57.4 Å². The second-order valence-corrected chi connectivity index (χ2v) is 5.69. The molecule has 0 saturated carbocycles. The maximum absolute atomic E-state index is 5.86. The summed E-state index contributed by atoms with van der Waals surface area (Å²) in [6, 6.07) is 8.54. The van der Waals surface area contributed by atoms with Crippen molar-refractivity contribution in [3.63, 3.8) is 0 Å². The molecule has 1 aromatic carbocycles. The van der Waals surface area contributed by atoms with Gasteiger partial charge in [0.15, 0.2) is 0 Å². The number of benzene rings is 1. The highest BCUT2D eigenvalue weighted by molar-refractivity contribution is 5.83. The highest BCUT2D eigenvalue weighted by atomic mass is 16.5. The molecule has 1 aromatic heterocycles. The van der Waals surface area contributed by atoms with Gasteiger partial charge in [-0.25, -0.2) is 0 Å². The molecule has 1 aliphatic heterocycles. The average molecular weight is 286 g/mol. The van der Waals surface area contributed by atoms with Crippen LogP contribution in [-0.2, 0) is 11.2 Å². The number of hydrogen-bond donors (Lipinski definition) is 1. The Bertz CT molecular complexity index is 607. The van der Waals surface area contributed by atoms with Gasteiger partial charge in [-0.1, -0.05) is 12.1 Å². The number of rotatable bonds is 4. The predicted molar refractivity (Wildman–Crippen MR) is 83.6 cm³/mol. The van der Waals surface area contributed by atoms with Gasteiger partial charge in [-0.2, -0.15) is 0 Å². The van der Waals surface area contributed by atoms with Gasteiger partial charge in [0.2, 0.25) is 0 Å². The van der Waals surface area contributed by atoms with E-state index in [9.17, 15) is 0 Å². The van der Waals surface area contributed by atoms with Gasteiger partial charge in [0.25, 0.3) is 0 Å². The van der Waals surface area contributed by atoms with Crippen molar-refractivity contribution in [2.24, 2.45) is 5.73 Å². The quantitative estimate of drug-likeness (QED) is 0.939. The molecule has 1 saturated heterocycles. The van der Waals surface area contributed by atoms with Crippen LogP contribution in [0, 0.1) is 0 Å². The van der Waals surface area contributed by atoms with Gasteiger partial charge in [0.1, 0.15) is 5.75 Å². The molecule has 2 N–H and O–H groups in total. The summed E-state index contributed by atoms with van der Waals surface area (Å²) < 4.78 is 11.1. The molecule has 0 radical (unpaired) electrons. The Labute approximate surface area is 125 Å². The molecular weight excluding hydrogens is 264 g/mol. The Balaban J connectivity index is 1.74. The standard InChI is InChI=1S/C17H22N2O2/c1-20-15-9-16-12(3-2-4-17(16)19-10-15)5-7-14-8-6-13(18)11-21-14/h2-4,9-10,13-14H,5-8,11,18H2,1H3/t13-,14-/m1/s1. The highest BCUT2D eigenvalue weighted by Crippen LogP contribution is 2.24. The number of pyridine rings is 1. The third kappa shape index (κ3) is 3.34. The van der Waals surface area contributed by atoms with Crippen molar-refractivity contribution < 1.29 is 9.47 Å². The van der Waals surface area contributed by atoms with Crippen LogP contribution < -0.4 is 10.5 Å². The van der Waals surface area contributed by atoms with E-state index < -0.39 is 0 Å². The molecular formula is C17H22N2O2. The normalized spacial score (nSPS) is 22.4. The van der Waals surface area contributed by atoms with Crippen LogP contribution in [0.1, 0.15) is 24.8 Å². The van der Waals surface area contributed by atoms with E-state index in [1.54, 1.807) is 13.3 Å². The van der Waals surface area contributed by atoms with E-state index in [-0.39, 0.29) is 6.04 Å². The lowest BCUT2D eigenvalue weighted by Gasteiger charge is -2.26. The number of aryl methyl sites for hydroxylation is 1. The van der Waals surface area contributed by atoms with Crippen molar-refractivity contribution in [3.05, 3.63) is 36.0 Å². The van der Waals surface area contributed by atoms with E-state index in [1.807, 2.05) is 6.07 Å². The van der Waals surface area contributed by atoms with E-state index >= 15 is 0 Å². The number of methoxy groups -OCH3 is 1. The van der Waals surface area contributed by atoms with E-state index in [1.165, 1.54) is 10.9 Å². The molecule has 0 bridgehead atoms. The van der Waals surface area contributed by atoms with Crippen LogP contribution in [-0.4, -0.2) is 30.8 Å². The Kier molecular flexibility index (Phi) is 4.36. The van der Waals surface area contributed by atoms with E-state index in [4.69, 9.17) is 15.2 Å². The molecule has 0 amide bonds. The van der Waals surface area contributed by atoms with Crippen molar-refractivity contribution in [2.75, 3.05) is 13.7 Å². The number of fused-ring (bicyclic) bond motifs is 1. The third-order valence-corrected chi connectivity index (χ3v) is 4.17. The number of ether oxygens (including phenoxy) is 2. The van der Waals surface area contributed by atoms with Gasteiger partial charge in [-0.15, -0.1) is 0 Å². The second kappa shape index (κ2) is 6.41. The number of nitrogens with zero attached hydrogens (tertiary/aromatic N) is 1. The first-order valence-corrected chi connectivity index (χ1v) is 7.55. The minimum absolute atomic E-state index is 0.215. The smallest absolute Gasteiger partial charge is 0.137 e. The summed E-state index contributed by atoms with van der Waals surface area (Å²) in [4.78, 5) is 4.44. The number of aromatic nitrogens is 1. The molecule has 2 atom stereocenters. The van der Waals surface area contributed by atoms with Crippen LogP contribution in [0.2, 0.25) is 0 Å². The summed E-state index contributed by atoms with van der Waals surface area (Å²) >= 11 is 0. The van der Waals surface area contributed by atoms with Crippen molar-refractivity contribution in [1.29, 1.82) is 0 Å². The van der Waals surface area contributed by atoms with Gasteiger partial charge in [0, 0.05) is 11.4 Å². The molecule has 0 spiro atoms. The van der Waals surface area contributed by atoms with Gasteiger partial charge < -0.3 is 15.2 Å². The first kappa shape index (κ1) is 14.3. The fourth-order valence-electron chi connectivity index (χ4n) is 2.89. The van der Waals surface area contributed by atoms with Crippen molar-refractivity contribution >= 4 is 10.9 Å². The van der Waals surface area contributed by atoms with Crippen molar-refractivity contribution in [2.45, 2.75) is 37.8 Å². The van der Waals surface area contributed by atoms with Crippen LogP contribution in [0.5, 0.6) is 5.75 Å².